The molecule has 3 aromatic rings. The standard InChI is InChI=1S/C20H25N7O4/c21-6-7-31-12-3-1-2-11(8-12)20(30)26-13-4-5-14(17(29)16(13)28)27-10-25-15-18(22)23-9-24-19(15)27/h1-3,8-10,13-14,16-17,28-29H,4-7,21H2,(H,26,30)(H2,22,23,24)/t13-,14-,16-,17-/m1/s1. The number of nitrogen functional groups attached to an aromatic ring is 1. The van der Waals surface area contributed by atoms with Gasteiger partial charge in [0, 0.05) is 12.1 Å². The number of nitrogens with one attached hydrogen (secondary N) is 1. The quantitative estimate of drug-likeness (QED) is 0.350. The van der Waals surface area contributed by atoms with Crippen molar-refractivity contribution in [2.24, 2.45) is 5.73 Å². The number of aromatic nitrogens is 4. The molecule has 1 fully saturated rings. The molecule has 11 nitrogen and oxygen atoms in total. The lowest BCUT2D eigenvalue weighted by atomic mass is 9.85. The third kappa shape index (κ3) is 4.15. The van der Waals surface area contributed by atoms with Crippen molar-refractivity contribution in [2.45, 2.75) is 37.1 Å². The summed E-state index contributed by atoms with van der Waals surface area (Å²) in [6.07, 6.45) is 1.51. The second-order valence-corrected chi connectivity index (χ2v) is 7.45. The summed E-state index contributed by atoms with van der Waals surface area (Å²) < 4.78 is 7.14. The lowest BCUT2D eigenvalue weighted by Crippen LogP contribution is -2.54. The van der Waals surface area contributed by atoms with Crippen LogP contribution in [0, 0.1) is 0 Å². The van der Waals surface area contributed by atoms with Crippen molar-refractivity contribution >= 4 is 22.9 Å². The highest BCUT2D eigenvalue weighted by molar-refractivity contribution is 5.94. The van der Waals surface area contributed by atoms with Crippen molar-refractivity contribution < 1.29 is 19.7 Å². The summed E-state index contributed by atoms with van der Waals surface area (Å²) in [6, 6.07) is 5.64. The number of nitrogens with two attached hydrogens (primary N) is 2. The number of benzene rings is 1. The number of carbonyl (C=O) groups is 1. The van der Waals surface area contributed by atoms with Gasteiger partial charge in [0.2, 0.25) is 0 Å². The summed E-state index contributed by atoms with van der Waals surface area (Å²) in [5.41, 5.74) is 12.6. The van der Waals surface area contributed by atoms with Crippen LogP contribution in [0.25, 0.3) is 11.2 Å². The third-order valence-electron chi connectivity index (χ3n) is 5.47. The van der Waals surface area contributed by atoms with Crippen molar-refractivity contribution in [1.82, 2.24) is 24.8 Å². The second-order valence-electron chi connectivity index (χ2n) is 7.45. The summed E-state index contributed by atoms with van der Waals surface area (Å²) in [6.45, 7) is 0.716. The Morgan fingerprint density at radius 1 is 1.23 bits per heavy atom. The van der Waals surface area contributed by atoms with E-state index in [0.717, 1.165) is 0 Å². The van der Waals surface area contributed by atoms with Gasteiger partial charge in [0.15, 0.2) is 11.5 Å². The molecule has 4 atom stereocenters. The smallest absolute Gasteiger partial charge is 0.251 e. The predicted octanol–water partition coefficient (Wildman–Crippen LogP) is -0.399. The van der Waals surface area contributed by atoms with E-state index in [-0.39, 0.29) is 11.7 Å². The van der Waals surface area contributed by atoms with Crippen LogP contribution in [0.15, 0.2) is 36.9 Å². The summed E-state index contributed by atoms with van der Waals surface area (Å²) >= 11 is 0. The third-order valence-corrected chi connectivity index (χ3v) is 5.47. The van der Waals surface area contributed by atoms with E-state index in [4.69, 9.17) is 16.2 Å². The van der Waals surface area contributed by atoms with E-state index in [1.54, 1.807) is 28.8 Å². The van der Waals surface area contributed by atoms with E-state index in [1.807, 2.05) is 0 Å². The molecule has 0 spiro atoms. The van der Waals surface area contributed by atoms with E-state index < -0.39 is 24.3 Å². The summed E-state index contributed by atoms with van der Waals surface area (Å²) in [7, 11) is 0. The van der Waals surface area contributed by atoms with Crippen LogP contribution >= 0.6 is 0 Å². The number of fused-ring (bicyclic) bond motifs is 1. The van der Waals surface area contributed by atoms with Gasteiger partial charge in [-0.2, -0.15) is 0 Å². The van der Waals surface area contributed by atoms with Crippen LogP contribution in [0.1, 0.15) is 29.2 Å². The molecule has 164 valence electrons. The minimum absolute atomic E-state index is 0.248. The maximum absolute atomic E-state index is 12.7. The molecule has 0 radical (unpaired) electrons. The Hall–Kier alpha value is -3.28. The monoisotopic (exact) mass is 427 g/mol. The van der Waals surface area contributed by atoms with Crippen LogP contribution in [-0.4, -0.2) is 67.0 Å². The van der Waals surface area contributed by atoms with Crippen LogP contribution in [-0.2, 0) is 0 Å². The van der Waals surface area contributed by atoms with Crippen LogP contribution in [0.5, 0.6) is 5.75 Å². The Labute approximate surface area is 178 Å². The molecular formula is C20H25N7O4. The Bertz CT molecular complexity index is 1070. The molecule has 7 N–H and O–H groups in total. The molecule has 2 aromatic heterocycles. The van der Waals surface area contributed by atoms with Gasteiger partial charge < -0.3 is 36.3 Å². The Morgan fingerprint density at radius 2 is 2.06 bits per heavy atom. The number of carbonyl (C=O) groups excluding carboxylic acids is 1. The zero-order valence-corrected chi connectivity index (χ0v) is 16.8. The number of amides is 1. The van der Waals surface area contributed by atoms with Crippen LogP contribution in [0.4, 0.5) is 5.82 Å². The van der Waals surface area contributed by atoms with Gasteiger partial charge in [-0.3, -0.25) is 4.79 Å². The van der Waals surface area contributed by atoms with Crippen molar-refractivity contribution in [2.75, 3.05) is 18.9 Å². The highest BCUT2D eigenvalue weighted by Crippen LogP contribution is 2.32. The van der Waals surface area contributed by atoms with E-state index >= 15 is 0 Å². The normalized spacial score (nSPS) is 23.6. The minimum atomic E-state index is -1.17. The van der Waals surface area contributed by atoms with E-state index in [0.29, 0.717) is 48.5 Å². The Kier molecular flexibility index (Phi) is 5.98. The first-order valence-electron chi connectivity index (χ1n) is 10.0. The average Bonchev–Trinajstić information content (AvgIpc) is 3.21. The van der Waals surface area contributed by atoms with Gasteiger partial charge in [-0.1, -0.05) is 6.07 Å². The highest BCUT2D eigenvalue weighted by Gasteiger charge is 2.39. The molecule has 1 aromatic carbocycles. The fraction of sp³-hybridized carbons (Fsp3) is 0.400. The fourth-order valence-electron chi connectivity index (χ4n) is 3.89. The van der Waals surface area contributed by atoms with Crippen molar-refractivity contribution in [3.05, 3.63) is 42.5 Å². The van der Waals surface area contributed by atoms with Gasteiger partial charge >= 0.3 is 0 Å². The second kappa shape index (κ2) is 8.84. The topological polar surface area (TPSA) is 174 Å². The van der Waals surface area contributed by atoms with Crippen molar-refractivity contribution in [3.8, 4) is 5.75 Å². The van der Waals surface area contributed by atoms with Crippen LogP contribution < -0.4 is 21.5 Å². The molecule has 0 saturated heterocycles. The number of rotatable bonds is 6. The molecule has 0 bridgehead atoms. The molecular weight excluding hydrogens is 402 g/mol. The first-order valence-corrected chi connectivity index (χ1v) is 10.0. The van der Waals surface area contributed by atoms with E-state index in [2.05, 4.69) is 20.3 Å². The number of aliphatic hydroxyl groups excluding tert-OH is 2. The van der Waals surface area contributed by atoms with Crippen LogP contribution in [0.3, 0.4) is 0 Å². The lowest BCUT2D eigenvalue weighted by Gasteiger charge is -2.38. The average molecular weight is 427 g/mol. The fourth-order valence-corrected chi connectivity index (χ4v) is 3.89. The van der Waals surface area contributed by atoms with Crippen LogP contribution in [0.2, 0.25) is 0 Å². The Morgan fingerprint density at radius 3 is 2.87 bits per heavy atom. The summed E-state index contributed by atoms with van der Waals surface area (Å²) in [5, 5.41) is 24.3. The number of anilines is 1. The zero-order valence-electron chi connectivity index (χ0n) is 16.8. The van der Waals surface area contributed by atoms with E-state index in [9.17, 15) is 15.0 Å². The number of ether oxygens (including phenoxy) is 1. The van der Waals surface area contributed by atoms with Gasteiger partial charge in [0.1, 0.15) is 36.4 Å². The number of aliphatic hydroxyl groups is 2. The van der Waals surface area contributed by atoms with Gasteiger partial charge in [0.05, 0.1) is 18.4 Å². The minimum Gasteiger partial charge on any atom is -0.492 e. The SMILES string of the molecule is NCCOc1cccc(C(=O)N[C@@H]2CC[C@@H](n3cnc4c(N)ncnc43)[C@@H](O)[C@@H]2O)c1. The van der Waals surface area contributed by atoms with Crippen molar-refractivity contribution in [3.63, 3.8) is 0 Å². The van der Waals surface area contributed by atoms with Gasteiger partial charge in [0.25, 0.3) is 5.91 Å². The summed E-state index contributed by atoms with van der Waals surface area (Å²) in [5.74, 6) is 0.426. The number of nitrogens with zero attached hydrogens (tertiary/aromatic N) is 4. The number of hydrogen-bond donors (Lipinski definition) is 5. The van der Waals surface area contributed by atoms with Gasteiger partial charge in [-0.15, -0.1) is 0 Å². The molecule has 1 saturated carbocycles. The molecule has 1 aliphatic rings. The molecule has 2 heterocycles. The molecule has 1 amide bonds. The maximum atomic E-state index is 12.7. The molecule has 0 unspecified atom stereocenters. The summed E-state index contributed by atoms with van der Waals surface area (Å²) in [4.78, 5) is 25.0. The molecule has 1 aliphatic carbocycles. The molecule has 31 heavy (non-hydrogen) atoms. The van der Waals surface area contributed by atoms with Gasteiger partial charge in [-0.25, -0.2) is 15.0 Å². The van der Waals surface area contributed by atoms with Crippen molar-refractivity contribution in [1.29, 1.82) is 0 Å². The lowest BCUT2D eigenvalue weighted by molar-refractivity contribution is -0.0552. The largest absolute Gasteiger partial charge is 0.492 e. The molecule has 0 aliphatic heterocycles. The predicted molar refractivity (Wildman–Crippen MR) is 112 cm³/mol. The highest BCUT2D eigenvalue weighted by atomic mass is 16.5. The van der Waals surface area contributed by atoms with Gasteiger partial charge in [-0.05, 0) is 31.0 Å². The molecule has 4 rings (SSSR count). The first-order chi connectivity index (χ1) is 15.0. The van der Waals surface area contributed by atoms with E-state index in [1.165, 1.54) is 12.7 Å². The first kappa shape index (κ1) is 21.0. The Balaban J connectivity index is 1.46. The molecule has 11 heteroatoms. The zero-order chi connectivity index (χ0) is 22.0. The number of imidazole rings is 1. The maximum Gasteiger partial charge on any atom is 0.251 e. The number of hydrogen-bond acceptors (Lipinski definition) is 9.